The number of halogens is 4. The Morgan fingerprint density at radius 2 is 1.83 bits per heavy atom. The van der Waals surface area contributed by atoms with Gasteiger partial charge in [-0.15, -0.1) is 0 Å². The average Bonchev–Trinajstić information content (AvgIpc) is 2.14. The second kappa shape index (κ2) is 4.44. The Morgan fingerprint density at radius 3 is 2.22 bits per heavy atom. The van der Waals surface area contributed by atoms with E-state index in [2.05, 4.69) is 0 Å². The van der Waals surface area contributed by atoms with Crippen LogP contribution in [0.3, 0.4) is 0 Å². The van der Waals surface area contributed by atoms with Crippen molar-refractivity contribution >= 4 is 21.7 Å². The Labute approximate surface area is 98.1 Å². The molecule has 0 aromatic heterocycles. The summed E-state index contributed by atoms with van der Waals surface area (Å²) in [5.41, 5.74) is -7.06. The number of aromatic carboxylic acids is 1. The average molecular weight is 287 g/mol. The first-order valence-corrected chi connectivity index (χ1v) is 5.65. The lowest BCUT2D eigenvalue weighted by atomic mass is 10.2. The first-order valence-electron chi connectivity index (χ1n) is 4.16. The van der Waals surface area contributed by atoms with Crippen molar-refractivity contribution < 1.29 is 35.9 Å². The molecule has 0 saturated carbocycles. The van der Waals surface area contributed by atoms with E-state index in [0.717, 1.165) is 4.72 Å². The number of nitrogens with one attached hydrogen (secondary N) is 1. The van der Waals surface area contributed by atoms with Gasteiger partial charge in [0.15, 0.2) is 0 Å². The number of anilines is 1. The lowest BCUT2D eigenvalue weighted by Gasteiger charge is -2.10. The van der Waals surface area contributed by atoms with Crippen LogP contribution in [0, 0.1) is 5.82 Å². The lowest BCUT2D eigenvalue weighted by molar-refractivity contribution is -0.0429. The third kappa shape index (κ3) is 2.88. The summed E-state index contributed by atoms with van der Waals surface area (Å²) in [5, 5.41) is 8.46. The zero-order valence-electron chi connectivity index (χ0n) is 8.32. The molecule has 0 unspecified atom stereocenters. The van der Waals surface area contributed by atoms with Crippen molar-refractivity contribution in [1.29, 1.82) is 0 Å². The zero-order chi connectivity index (χ0) is 14.1. The fourth-order valence-corrected chi connectivity index (χ4v) is 1.52. The van der Waals surface area contributed by atoms with Gasteiger partial charge in [-0.05, 0) is 18.2 Å². The van der Waals surface area contributed by atoms with Gasteiger partial charge >= 0.3 is 21.5 Å². The zero-order valence-corrected chi connectivity index (χ0v) is 9.14. The Bertz CT molecular complexity index is 581. The molecule has 0 saturated heterocycles. The molecule has 0 heterocycles. The van der Waals surface area contributed by atoms with E-state index < -0.39 is 38.6 Å². The van der Waals surface area contributed by atoms with Crippen molar-refractivity contribution in [3.63, 3.8) is 0 Å². The Balaban J connectivity index is 3.09. The van der Waals surface area contributed by atoms with Crippen LogP contribution in [0.1, 0.15) is 10.4 Å². The summed E-state index contributed by atoms with van der Waals surface area (Å²) in [7, 11) is -5.66. The summed E-state index contributed by atoms with van der Waals surface area (Å²) in [6.45, 7) is 0. The van der Waals surface area contributed by atoms with Crippen molar-refractivity contribution in [2.75, 3.05) is 4.72 Å². The van der Waals surface area contributed by atoms with Gasteiger partial charge < -0.3 is 5.11 Å². The number of carboxylic acids is 1. The van der Waals surface area contributed by atoms with Crippen LogP contribution in [0.5, 0.6) is 0 Å². The number of alkyl halides is 3. The van der Waals surface area contributed by atoms with Crippen LogP contribution in [-0.2, 0) is 10.0 Å². The van der Waals surface area contributed by atoms with E-state index in [1.54, 1.807) is 0 Å². The van der Waals surface area contributed by atoms with Gasteiger partial charge in [0.2, 0.25) is 0 Å². The normalized spacial score (nSPS) is 12.2. The molecule has 0 aliphatic rings. The molecule has 100 valence electrons. The predicted octanol–water partition coefficient (Wildman–Crippen LogP) is 1.79. The second-order valence-electron chi connectivity index (χ2n) is 3.05. The Morgan fingerprint density at radius 1 is 1.28 bits per heavy atom. The molecule has 10 heteroatoms. The maximum absolute atomic E-state index is 13.1. The van der Waals surface area contributed by atoms with Gasteiger partial charge in [0.25, 0.3) is 0 Å². The molecule has 0 bridgehead atoms. The maximum atomic E-state index is 13.1. The molecular weight excluding hydrogens is 282 g/mol. The van der Waals surface area contributed by atoms with Crippen LogP contribution in [0.15, 0.2) is 18.2 Å². The first kappa shape index (κ1) is 14.2. The van der Waals surface area contributed by atoms with Gasteiger partial charge in [0, 0.05) is 0 Å². The molecule has 1 aromatic carbocycles. The number of sulfonamides is 1. The molecule has 0 fully saturated rings. The van der Waals surface area contributed by atoms with E-state index in [0.29, 0.717) is 18.2 Å². The summed E-state index contributed by atoms with van der Waals surface area (Å²) in [6.07, 6.45) is 0. The SMILES string of the molecule is O=C(O)c1ccc(NS(=O)(=O)C(F)(F)F)cc1F. The van der Waals surface area contributed by atoms with Crippen molar-refractivity contribution in [3.05, 3.63) is 29.6 Å². The largest absolute Gasteiger partial charge is 0.516 e. The monoisotopic (exact) mass is 287 g/mol. The quantitative estimate of drug-likeness (QED) is 0.830. The van der Waals surface area contributed by atoms with Gasteiger partial charge in [0.05, 0.1) is 11.3 Å². The smallest absolute Gasteiger partial charge is 0.478 e. The molecule has 0 atom stereocenters. The summed E-state index contributed by atoms with van der Waals surface area (Å²) in [4.78, 5) is 10.4. The highest BCUT2D eigenvalue weighted by molar-refractivity contribution is 7.93. The molecular formula is C8H5F4NO4S. The standard InChI is InChI=1S/C8H5F4NO4S/c9-6-3-4(1-2-5(6)7(14)15)13-18(16,17)8(10,11)12/h1-3,13H,(H,14,15). The van der Waals surface area contributed by atoms with Crippen molar-refractivity contribution in [2.45, 2.75) is 5.51 Å². The molecule has 0 aliphatic carbocycles. The molecule has 0 spiro atoms. The third-order valence-electron chi connectivity index (χ3n) is 1.76. The van der Waals surface area contributed by atoms with E-state index in [9.17, 15) is 30.8 Å². The summed E-state index contributed by atoms with van der Waals surface area (Å²) < 4.78 is 71.5. The van der Waals surface area contributed by atoms with Crippen LogP contribution >= 0.6 is 0 Å². The minimum absolute atomic E-state index is 0.340. The van der Waals surface area contributed by atoms with E-state index in [4.69, 9.17) is 5.11 Å². The highest BCUT2D eigenvalue weighted by Gasteiger charge is 2.46. The van der Waals surface area contributed by atoms with Crippen molar-refractivity contribution in [3.8, 4) is 0 Å². The molecule has 0 amide bonds. The van der Waals surface area contributed by atoms with Crippen LogP contribution in [-0.4, -0.2) is 25.0 Å². The maximum Gasteiger partial charge on any atom is 0.516 e. The van der Waals surface area contributed by atoms with Crippen LogP contribution in [0.2, 0.25) is 0 Å². The lowest BCUT2D eigenvalue weighted by Crippen LogP contribution is -2.30. The molecule has 18 heavy (non-hydrogen) atoms. The first-order chi connectivity index (χ1) is 8.04. The number of hydrogen-bond acceptors (Lipinski definition) is 3. The van der Waals surface area contributed by atoms with Crippen molar-refractivity contribution in [1.82, 2.24) is 0 Å². The van der Waals surface area contributed by atoms with Crippen LogP contribution in [0.4, 0.5) is 23.2 Å². The molecule has 5 nitrogen and oxygen atoms in total. The molecule has 0 radical (unpaired) electrons. The summed E-state index contributed by atoms with van der Waals surface area (Å²) in [5.74, 6) is -2.98. The van der Waals surface area contributed by atoms with E-state index in [1.807, 2.05) is 0 Å². The summed E-state index contributed by atoms with van der Waals surface area (Å²) in [6, 6.07) is 1.69. The minimum Gasteiger partial charge on any atom is -0.478 e. The minimum atomic E-state index is -5.66. The number of rotatable bonds is 3. The Kier molecular flexibility index (Phi) is 3.51. The van der Waals surface area contributed by atoms with Gasteiger partial charge in [0.1, 0.15) is 5.82 Å². The molecule has 0 aliphatic heterocycles. The van der Waals surface area contributed by atoms with Gasteiger partial charge in [-0.25, -0.2) is 9.18 Å². The fourth-order valence-electron chi connectivity index (χ4n) is 0.965. The highest BCUT2D eigenvalue weighted by atomic mass is 32.2. The number of carboxylic acid groups (broad SMARTS) is 1. The van der Waals surface area contributed by atoms with Gasteiger partial charge in [-0.1, -0.05) is 0 Å². The van der Waals surface area contributed by atoms with E-state index in [-0.39, 0.29) is 0 Å². The number of benzene rings is 1. The van der Waals surface area contributed by atoms with Crippen molar-refractivity contribution in [2.24, 2.45) is 0 Å². The number of carbonyl (C=O) groups is 1. The van der Waals surface area contributed by atoms with Gasteiger partial charge in [-0.3, -0.25) is 4.72 Å². The second-order valence-corrected chi connectivity index (χ2v) is 4.72. The predicted molar refractivity (Wildman–Crippen MR) is 52.0 cm³/mol. The summed E-state index contributed by atoms with van der Waals surface area (Å²) >= 11 is 0. The van der Waals surface area contributed by atoms with Gasteiger partial charge in [-0.2, -0.15) is 21.6 Å². The molecule has 1 rings (SSSR count). The van der Waals surface area contributed by atoms with E-state index in [1.165, 1.54) is 0 Å². The van der Waals surface area contributed by atoms with E-state index >= 15 is 0 Å². The van der Waals surface area contributed by atoms with Crippen LogP contribution in [0.25, 0.3) is 0 Å². The fraction of sp³-hybridized carbons (Fsp3) is 0.125. The van der Waals surface area contributed by atoms with Crippen LogP contribution < -0.4 is 4.72 Å². The Hall–Kier alpha value is -1.84. The number of hydrogen-bond donors (Lipinski definition) is 2. The molecule has 2 N–H and O–H groups in total. The topological polar surface area (TPSA) is 83.5 Å². The third-order valence-corrected chi connectivity index (χ3v) is 2.87. The highest BCUT2D eigenvalue weighted by Crippen LogP contribution is 2.26. The molecule has 1 aromatic rings.